The molecule has 0 spiro atoms. The summed E-state index contributed by atoms with van der Waals surface area (Å²) in [6.45, 7) is 0. The number of halogens is 5. The summed E-state index contributed by atoms with van der Waals surface area (Å²) in [7, 11) is 1.17. The van der Waals surface area contributed by atoms with E-state index in [4.69, 9.17) is 9.47 Å². The van der Waals surface area contributed by atoms with E-state index in [0.717, 1.165) is 12.1 Å². The number of ether oxygens (including phenoxy) is 2. The van der Waals surface area contributed by atoms with Gasteiger partial charge in [0.1, 0.15) is 0 Å². The molecule has 0 saturated carbocycles. The molecule has 0 amide bonds. The minimum absolute atomic E-state index is 0.0826. The van der Waals surface area contributed by atoms with Crippen LogP contribution in [0.4, 0.5) is 39.0 Å². The highest BCUT2D eigenvalue weighted by atomic mass is 19.4. The second-order valence-electron chi connectivity index (χ2n) is 6.72. The van der Waals surface area contributed by atoms with Gasteiger partial charge >= 0.3 is 17.6 Å². The Bertz CT molecular complexity index is 1310. The lowest BCUT2D eigenvalue weighted by molar-refractivity contribution is -0.396. The first kappa shape index (κ1) is 25.0. The highest BCUT2D eigenvalue weighted by Crippen LogP contribution is 2.46. The molecule has 0 heterocycles. The second kappa shape index (κ2) is 9.70. The van der Waals surface area contributed by atoms with Crippen LogP contribution in [0.15, 0.2) is 53.5 Å². The number of alkyl halides is 3. The molecule has 0 atom stereocenters. The number of benzene rings is 3. The maximum absolute atomic E-state index is 13.3. The van der Waals surface area contributed by atoms with E-state index >= 15 is 0 Å². The van der Waals surface area contributed by atoms with Crippen LogP contribution >= 0.6 is 0 Å². The zero-order valence-electron chi connectivity index (χ0n) is 17.4. The summed E-state index contributed by atoms with van der Waals surface area (Å²) in [6, 6.07) is 6.99. The van der Waals surface area contributed by atoms with E-state index in [1.54, 1.807) is 0 Å². The van der Waals surface area contributed by atoms with Crippen LogP contribution < -0.4 is 9.47 Å². The van der Waals surface area contributed by atoms with Gasteiger partial charge in [0, 0.05) is 24.4 Å². The van der Waals surface area contributed by atoms with Gasteiger partial charge in [-0.1, -0.05) is 0 Å². The van der Waals surface area contributed by atoms with Crippen molar-refractivity contribution in [3.8, 4) is 17.2 Å². The molecule has 3 aromatic rings. The Morgan fingerprint density at radius 1 is 0.886 bits per heavy atom. The highest BCUT2D eigenvalue weighted by Gasteiger charge is 2.39. The molecule has 0 N–H and O–H groups in total. The van der Waals surface area contributed by atoms with E-state index in [2.05, 4.69) is 4.99 Å². The molecule has 0 unspecified atom stereocenters. The van der Waals surface area contributed by atoms with Crippen molar-refractivity contribution in [3.05, 3.63) is 91.5 Å². The quantitative estimate of drug-likeness (QED) is 0.162. The lowest BCUT2D eigenvalue weighted by atomic mass is 10.1. The number of hydrogen-bond acceptors (Lipinski definition) is 7. The minimum Gasteiger partial charge on any atom is -0.493 e. The number of methoxy groups -OCH3 is 1. The second-order valence-corrected chi connectivity index (χ2v) is 6.72. The van der Waals surface area contributed by atoms with Gasteiger partial charge in [-0.05, 0) is 35.9 Å². The first-order chi connectivity index (χ1) is 16.4. The van der Waals surface area contributed by atoms with Crippen molar-refractivity contribution < 1.29 is 41.3 Å². The van der Waals surface area contributed by atoms with E-state index in [9.17, 15) is 42.2 Å². The van der Waals surface area contributed by atoms with Gasteiger partial charge in [-0.25, -0.2) is 8.78 Å². The Morgan fingerprint density at radius 3 is 2.03 bits per heavy atom. The van der Waals surface area contributed by atoms with E-state index in [0.29, 0.717) is 5.56 Å². The molecular weight excluding hydrogens is 485 g/mol. The van der Waals surface area contributed by atoms with Gasteiger partial charge in [0.25, 0.3) is 5.75 Å². The smallest absolute Gasteiger partial charge is 0.416 e. The summed E-state index contributed by atoms with van der Waals surface area (Å²) in [6.07, 6.45) is -3.85. The number of hydrogen-bond donors (Lipinski definition) is 0. The van der Waals surface area contributed by atoms with Crippen LogP contribution in [0.3, 0.4) is 0 Å². The van der Waals surface area contributed by atoms with Crippen molar-refractivity contribution in [2.24, 2.45) is 4.99 Å². The monoisotopic (exact) mass is 497 g/mol. The van der Waals surface area contributed by atoms with Crippen molar-refractivity contribution in [2.45, 2.75) is 6.18 Å². The molecule has 182 valence electrons. The summed E-state index contributed by atoms with van der Waals surface area (Å²) >= 11 is 0. The Hall–Kier alpha value is -4.62. The number of nitro benzene ring substituents is 2. The first-order valence-corrected chi connectivity index (χ1v) is 9.29. The summed E-state index contributed by atoms with van der Waals surface area (Å²) in [5.74, 6) is -3.60. The molecule has 0 aliphatic rings. The van der Waals surface area contributed by atoms with Crippen LogP contribution in [-0.4, -0.2) is 23.2 Å². The van der Waals surface area contributed by atoms with Crippen LogP contribution in [0.2, 0.25) is 0 Å². The minimum atomic E-state index is -5.08. The van der Waals surface area contributed by atoms with Crippen LogP contribution in [0.1, 0.15) is 11.1 Å². The van der Waals surface area contributed by atoms with Crippen molar-refractivity contribution in [1.82, 2.24) is 0 Å². The standard InChI is InChI=1S/C21H12F5N3O6/c1-34-19-6-11(10-27-13-3-4-14(22)15(23)9-13)2-5-18(19)35-20-16(28(30)31)7-12(21(24,25)26)8-17(20)29(32)33/h2-10H,1H3. The molecule has 3 aromatic carbocycles. The lowest BCUT2D eigenvalue weighted by Crippen LogP contribution is -2.08. The topological polar surface area (TPSA) is 117 Å². The SMILES string of the molecule is COc1cc(C=Nc2ccc(F)c(F)c2)ccc1Oc1c([N+](=O)[O-])cc(C(F)(F)F)cc1[N+](=O)[O-]. The number of nitrogens with zero attached hydrogens (tertiary/aromatic N) is 3. The van der Waals surface area contributed by atoms with Crippen LogP contribution in [0, 0.1) is 31.9 Å². The lowest BCUT2D eigenvalue weighted by Gasteiger charge is -2.13. The molecule has 14 heteroatoms. The molecule has 0 aliphatic heterocycles. The van der Waals surface area contributed by atoms with Crippen LogP contribution in [0.5, 0.6) is 17.2 Å². The number of nitro groups is 2. The predicted molar refractivity (Wildman–Crippen MR) is 111 cm³/mol. The van der Waals surface area contributed by atoms with Gasteiger partial charge in [-0.15, -0.1) is 0 Å². The zero-order chi connectivity index (χ0) is 25.9. The molecule has 0 bridgehead atoms. The van der Waals surface area contributed by atoms with Gasteiger partial charge in [0.2, 0.25) is 0 Å². The average Bonchev–Trinajstić information content (AvgIpc) is 2.79. The van der Waals surface area contributed by atoms with E-state index in [-0.39, 0.29) is 29.3 Å². The zero-order valence-corrected chi connectivity index (χ0v) is 17.4. The molecule has 0 fully saturated rings. The van der Waals surface area contributed by atoms with Crippen LogP contribution in [0.25, 0.3) is 0 Å². The molecule has 0 aliphatic carbocycles. The molecule has 35 heavy (non-hydrogen) atoms. The van der Waals surface area contributed by atoms with Crippen molar-refractivity contribution in [2.75, 3.05) is 7.11 Å². The Kier molecular flexibility index (Phi) is 6.93. The summed E-state index contributed by atoms with van der Waals surface area (Å²) < 4.78 is 76.0. The average molecular weight is 497 g/mol. The third-order valence-corrected chi connectivity index (χ3v) is 4.44. The van der Waals surface area contributed by atoms with Gasteiger partial charge in [0.05, 0.1) is 28.2 Å². The largest absolute Gasteiger partial charge is 0.493 e. The van der Waals surface area contributed by atoms with Crippen molar-refractivity contribution in [3.63, 3.8) is 0 Å². The Balaban J connectivity index is 2.02. The number of aliphatic imine (C=N–C) groups is 1. The van der Waals surface area contributed by atoms with Gasteiger partial charge < -0.3 is 9.47 Å². The molecule has 0 saturated heterocycles. The van der Waals surface area contributed by atoms with Crippen molar-refractivity contribution in [1.29, 1.82) is 0 Å². The highest BCUT2D eigenvalue weighted by molar-refractivity contribution is 5.83. The summed E-state index contributed by atoms with van der Waals surface area (Å²) in [4.78, 5) is 24.2. The maximum atomic E-state index is 13.3. The number of rotatable bonds is 7. The van der Waals surface area contributed by atoms with E-state index in [1.807, 2.05) is 0 Å². The fraction of sp³-hybridized carbons (Fsp3) is 0.0952. The molecule has 0 radical (unpaired) electrons. The fourth-order valence-electron chi connectivity index (χ4n) is 2.81. The van der Waals surface area contributed by atoms with Crippen molar-refractivity contribution >= 4 is 23.3 Å². The third-order valence-electron chi connectivity index (χ3n) is 4.44. The molecule has 9 nitrogen and oxygen atoms in total. The van der Waals surface area contributed by atoms with Gasteiger partial charge in [0.15, 0.2) is 23.1 Å². The predicted octanol–water partition coefficient (Wildman–Crippen LogP) is 6.35. The first-order valence-electron chi connectivity index (χ1n) is 9.29. The summed E-state index contributed by atoms with van der Waals surface area (Å²) in [5.41, 5.74) is -3.75. The third kappa shape index (κ3) is 5.66. The fourth-order valence-corrected chi connectivity index (χ4v) is 2.81. The van der Waals surface area contributed by atoms with E-state index < -0.39 is 50.3 Å². The summed E-state index contributed by atoms with van der Waals surface area (Å²) in [5, 5.41) is 22.8. The molecule has 0 aromatic heterocycles. The van der Waals surface area contributed by atoms with Gasteiger partial charge in [-0.3, -0.25) is 25.2 Å². The Labute approximate surface area is 192 Å². The maximum Gasteiger partial charge on any atom is 0.416 e. The van der Waals surface area contributed by atoms with Crippen LogP contribution in [-0.2, 0) is 6.18 Å². The normalized spacial score (nSPS) is 11.5. The molecular formula is C21H12F5N3O6. The van der Waals surface area contributed by atoms with Gasteiger partial charge in [-0.2, -0.15) is 13.2 Å². The van der Waals surface area contributed by atoms with E-state index in [1.165, 1.54) is 37.6 Å². The Morgan fingerprint density at radius 2 is 1.51 bits per heavy atom. The molecule has 3 rings (SSSR count).